The van der Waals surface area contributed by atoms with Gasteiger partial charge in [-0.3, -0.25) is 9.36 Å². The van der Waals surface area contributed by atoms with E-state index in [-0.39, 0.29) is 46.0 Å². The average Bonchev–Trinajstić information content (AvgIpc) is 3.06. The van der Waals surface area contributed by atoms with Gasteiger partial charge in [-0.05, 0) is 82.1 Å². The number of alkyl halides is 2. The van der Waals surface area contributed by atoms with Crippen molar-refractivity contribution < 1.29 is 26.0 Å². The van der Waals surface area contributed by atoms with Crippen molar-refractivity contribution in [2.24, 2.45) is 5.92 Å². The largest absolute Gasteiger partial charge is 0.380 e. The minimum absolute atomic E-state index is 0.0212. The Morgan fingerprint density at radius 1 is 1.02 bits per heavy atom. The maximum Gasteiger partial charge on any atom is 0.276 e. The van der Waals surface area contributed by atoms with Gasteiger partial charge in [-0.15, -0.1) is 0 Å². The SMILES string of the molecule is [2H]C([2H])([2H])[C@H]1Nc2ncnc3c2cc(C2CCS(=O)(=O)CC2)c(=O)n3CCCCC[C@H](OC)CN2CCC(CC2)C(F)(F)c2cccc1c2. The second-order valence-corrected chi connectivity index (χ2v) is 15.4. The van der Waals surface area contributed by atoms with E-state index in [0.29, 0.717) is 74.9 Å². The van der Waals surface area contributed by atoms with E-state index in [1.165, 1.54) is 30.6 Å². The average molecular weight is 661 g/mol. The van der Waals surface area contributed by atoms with Crippen LogP contribution < -0.4 is 10.9 Å². The monoisotopic (exact) mass is 660 g/mol. The number of aryl methyl sites for hydroxylation is 1. The molecule has 250 valence electrons. The van der Waals surface area contributed by atoms with Crippen LogP contribution in [0.1, 0.15) is 91.0 Å². The fourth-order valence-corrected chi connectivity index (χ4v) is 8.76. The molecule has 7 rings (SSSR count). The van der Waals surface area contributed by atoms with Gasteiger partial charge in [-0.1, -0.05) is 31.0 Å². The van der Waals surface area contributed by atoms with E-state index in [4.69, 9.17) is 8.85 Å². The van der Waals surface area contributed by atoms with Gasteiger partial charge >= 0.3 is 0 Å². The van der Waals surface area contributed by atoms with Gasteiger partial charge in [0.25, 0.3) is 11.5 Å². The molecule has 1 N–H and O–H groups in total. The summed E-state index contributed by atoms with van der Waals surface area (Å²) in [6.07, 6.45) is 5.56. The van der Waals surface area contributed by atoms with E-state index in [0.717, 1.165) is 19.3 Å². The molecular weight excluding hydrogens is 612 g/mol. The van der Waals surface area contributed by atoms with Crippen LogP contribution in [0.25, 0.3) is 11.0 Å². The first-order chi connectivity index (χ1) is 23.3. The molecule has 0 spiro atoms. The maximum absolute atomic E-state index is 16.1. The second-order valence-electron chi connectivity index (χ2n) is 13.0. The van der Waals surface area contributed by atoms with Gasteiger partial charge in [0.05, 0.1) is 23.0 Å². The van der Waals surface area contributed by atoms with Crippen molar-refractivity contribution >= 4 is 26.7 Å². The number of nitrogens with zero attached hydrogens (tertiary/aromatic N) is 4. The molecule has 0 saturated carbocycles. The summed E-state index contributed by atoms with van der Waals surface area (Å²) >= 11 is 0. The fraction of sp³-hybridized carbons (Fsp3) is 0.618. The maximum atomic E-state index is 16.1. The highest BCUT2D eigenvalue weighted by molar-refractivity contribution is 7.91. The third kappa shape index (κ3) is 6.99. The summed E-state index contributed by atoms with van der Waals surface area (Å²) in [6.45, 7) is -0.598. The van der Waals surface area contributed by atoms with Crippen LogP contribution in [-0.4, -0.2) is 72.2 Å². The number of sulfone groups is 1. The number of ether oxygens (including phenoxy) is 1. The zero-order valence-corrected chi connectivity index (χ0v) is 27.1. The van der Waals surface area contributed by atoms with E-state index in [1.807, 2.05) is 0 Å². The highest BCUT2D eigenvalue weighted by Gasteiger charge is 2.43. The topological polar surface area (TPSA) is 106 Å². The highest BCUT2D eigenvalue weighted by atomic mass is 32.2. The van der Waals surface area contributed by atoms with Crippen LogP contribution in [0.3, 0.4) is 0 Å². The van der Waals surface area contributed by atoms with Crippen LogP contribution in [0.15, 0.2) is 41.5 Å². The molecule has 2 atom stereocenters. The number of rotatable bonds is 2. The summed E-state index contributed by atoms with van der Waals surface area (Å²) in [4.78, 5) is 25.1. The van der Waals surface area contributed by atoms with Gasteiger partial charge in [0, 0.05) is 47.4 Å². The molecule has 2 aromatic heterocycles. The molecule has 4 aliphatic heterocycles. The Kier molecular flexibility index (Phi) is 8.66. The molecule has 0 aliphatic carbocycles. The van der Waals surface area contributed by atoms with E-state index in [1.54, 1.807) is 17.7 Å². The molecule has 6 heterocycles. The number of benzene rings is 1. The van der Waals surface area contributed by atoms with Crippen LogP contribution in [-0.2, 0) is 27.0 Å². The van der Waals surface area contributed by atoms with Crippen LogP contribution in [0.4, 0.5) is 14.6 Å². The highest BCUT2D eigenvalue weighted by Crippen LogP contribution is 2.42. The lowest BCUT2D eigenvalue weighted by molar-refractivity contribution is -0.0882. The first kappa shape index (κ1) is 29.2. The van der Waals surface area contributed by atoms with E-state index < -0.39 is 34.6 Å². The smallest absolute Gasteiger partial charge is 0.276 e. The molecule has 0 unspecified atom stereocenters. The van der Waals surface area contributed by atoms with Gasteiger partial charge in [0.2, 0.25) is 0 Å². The van der Waals surface area contributed by atoms with E-state index >= 15 is 8.78 Å². The number of aromatic nitrogens is 3. The minimum Gasteiger partial charge on any atom is -0.380 e. The molecule has 9 nitrogen and oxygen atoms in total. The third-order valence-corrected chi connectivity index (χ3v) is 11.8. The van der Waals surface area contributed by atoms with Crippen molar-refractivity contribution in [1.82, 2.24) is 19.4 Å². The van der Waals surface area contributed by atoms with Crippen molar-refractivity contribution in [2.75, 3.05) is 43.6 Å². The van der Waals surface area contributed by atoms with Gasteiger partial charge in [-0.2, -0.15) is 0 Å². The molecule has 4 aliphatic rings. The van der Waals surface area contributed by atoms with Crippen LogP contribution >= 0.6 is 0 Å². The fourth-order valence-electron chi connectivity index (χ4n) is 7.27. The number of anilines is 1. The quantitative estimate of drug-likeness (QED) is 0.376. The summed E-state index contributed by atoms with van der Waals surface area (Å²) in [5, 5.41) is 3.45. The van der Waals surface area contributed by atoms with Crippen LogP contribution in [0.2, 0.25) is 0 Å². The number of fused-ring (bicyclic) bond motifs is 9. The van der Waals surface area contributed by atoms with Crippen molar-refractivity contribution in [3.8, 4) is 0 Å². The molecule has 2 fully saturated rings. The third-order valence-electron chi connectivity index (χ3n) is 10.1. The van der Waals surface area contributed by atoms with Crippen LogP contribution in [0, 0.1) is 5.92 Å². The molecule has 12 heteroatoms. The number of halogens is 2. The van der Waals surface area contributed by atoms with Gasteiger partial charge in [0.1, 0.15) is 27.6 Å². The standard InChI is InChI=1S/C34H45F2N5O4S/c1-23-25-7-6-8-27(19-25)34(35,36)26-10-15-40(16-11-26)21-28(45-2)9-4-3-5-14-41-32-30(31(39-23)37-22-38-32)20-29(33(41)42)24-12-17-46(43,44)18-13-24/h6-8,19-20,22-24,26,28H,3-5,9-18,21H2,1-2H3,(H,37,38,39)/t23-,28+/m1/s1/i1D3. The number of methoxy groups -OCH3 is 1. The Hall–Kier alpha value is -2.96. The van der Waals surface area contributed by atoms with E-state index in [9.17, 15) is 13.2 Å². The first-order valence-electron chi connectivity index (χ1n) is 17.9. The Bertz CT molecular complexity index is 1800. The van der Waals surface area contributed by atoms with Crippen molar-refractivity contribution in [3.63, 3.8) is 0 Å². The van der Waals surface area contributed by atoms with Crippen molar-refractivity contribution in [1.29, 1.82) is 0 Å². The molecule has 46 heavy (non-hydrogen) atoms. The molecule has 1 aromatic carbocycles. The number of nitrogens with one attached hydrogen (secondary N) is 1. The summed E-state index contributed by atoms with van der Waals surface area (Å²) in [5.74, 6) is -4.24. The Morgan fingerprint density at radius 3 is 2.54 bits per heavy atom. The predicted octanol–water partition coefficient (Wildman–Crippen LogP) is 5.65. The summed E-state index contributed by atoms with van der Waals surface area (Å²) in [5.41, 5.74) is 0.455. The van der Waals surface area contributed by atoms with Gasteiger partial charge < -0.3 is 15.0 Å². The molecule has 3 aromatic rings. The number of hydrogen-bond donors (Lipinski definition) is 1. The van der Waals surface area contributed by atoms with Gasteiger partial charge in [-0.25, -0.2) is 27.2 Å². The van der Waals surface area contributed by atoms with Gasteiger partial charge in [0.15, 0.2) is 0 Å². The summed E-state index contributed by atoms with van der Waals surface area (Å²) in [7, 11) is -1.51. The summed E-state index contributed by atoms with van der Waals surface area (Å²) < 4.78 is 89.3. The molecule has 0 amide bonds. The normalized spacial score (nSPS) is 28.8. The number of piperidine rings is 1. The predicted molar refractivity (Wildman–Crippen MR) is 175 cm³/mol. The lowest BCUT2D eigenvalue weighted by atomic mass is 9.85. The van der Waals surface area contributed by atoms with Crippen molar-refractivity contribution in [2.45, 2.75) is 88.7 Å². The lowest BCUT2D eigenvalue weighted by Crippen LogP contribution is -2.43. The Balaban J connectivity index is 1.45. The van der Waals surface area contributed by atoms with Crippen LogP contribution in [0.5, 0.6) is 0 Å². The molecule has 2 saturated heterocycles. The van der Waals surface area contributed by atoms with Crippen molar-refractivity contribution in [3.05, 3.63) is 63.7 Å². The number of pyridine rings is 1. The zero-order chi connectivity index (χ0) is 35.0. The molecular formula is C34H45F2N5O4S. The molecule has 0 radical (unpaired) electrons. The minimum atomic E-state index is -3.18. The Morgan fingerprint density at radius 2 is 1.80 bits per heavy atom. The zero-order valence-electron chi connectivity index (χ0n) is 29.3. The molecule has 8 bridgehead atoms. The lowest BCUT2D eigenvalue weighted by Gasteiger charge is -2.37. The Labute approximate surface area is 273 Å². The second kappa shape index (κ2) is 13.6. The van der Waals surface area contributed by atoms with E-state index in [2.05, 4.69) is 20.2 Å². The number of hydrogen-bond acceptors (Lipinski definition) is 8. The summed E-state index contributed by atoms with van der Waals surface area (Å²) in [6, 6.07) is 5.90. The first-order valence-corrected chi connectivity index (χ1v) is 18.2.